The van der Waals surface area contributed by atoms with Crippen LogP contribution in [0.5, 0.6) is 0 Å². The Labute approximate surface area is 90.5 Å². The Kier molecular flexibility index (Phi) is 3.34. The molecule has 2 rings (SSSR count). The maximum absolute atomic E-state index is 9.64. The third-order valence-corrected chi connectivity index (χ3v) is 2.97. The van der Waals surface area contributed by atoms with E-state index in [9.17, 15) is 5.11 Å². The molecule has 2 atom stereocenters. The molecule has 0 radical (unpaired) electrons. The average Bonchev–Trinajstić information content (AvgIpc) is 2.61. The zero-order valence-electron chi connectivity index (χ0n) is 9.11. The first kappa shape index (κ1) is 10.6. The van der Waals surface area contributed by atoms with Crippen molar-refractivity contribution in [3.63, 3.8) is 0 Å². The highest BCUT2D eigenvalue weighted by Crippen LogP contribution is 2.18. The van der Waals surface area contributed by atoms with Gasteiger partial charge >= 0.3 is 0 Å². The predicted molar refractivity (Wildman–Crippen MR) is 59.5 cm³/mol. The molecule has 2 N–H and O–H groups in total. The Morgan fingerprint density at radius 3 is 3.00 bits per heavy atom. The average molecular weight is 206 g/mol. The standard InChI is InChI=1S/C12H18N2O/c1-9-4-2-5-10(14-9)8-13-11-6-3-7-12(11)15/h2,4-5,11-13,15H,3,6-8H2,1H3. The zero-order valence-corrected chi connectivity index (χ0v) is 9.11. The second kappa shape index (κ2) is 4.73. The van der Waals surface area contributed by atoms with Gasteiger partial charge in [-0.3, -0.25) is 4.98 Å². The van der Waals surface area contributed by atoms with Gasteiger partial charge in [-0.1, -0.05) is 6.07 Å². The van der Waals surface area contributed by atoms with E-state index in [2.05, 4.69) is 10.3 Å². The quantitative estimate of drug-likeness (QED) is 0.785. The van der Waals surface area contributed by atoms with Crippen molar-refractivity contribution in [3.8, 4) is 0 Å². The number of nitrogens with one attached hydrogen (secondary N) is 1. The molecule has 2 unspecified atom stereocenters. The third kappa shape index (κ3) is 2.76. The first-order chi connectivity index (χ1) is 7.25. The molecule has 1 heterocycles. The molecule has 1 fully saturated rings. The van der Waals surface area contributed by atoms with E-state index in [1.54, 1.807) is 0 Å². The minimum atomic E-state index is -0.171. The monoisotopic (exact) mass is 206 g/mol. The second-order valence-electron chi connectivity index (χ2n) is 4.26. The fraction of sp³-hybridized carbons (Fsp3) is 0.583. The molecular weight excluding hydrogens is 188 g/mol. The first-order valence-corrected chi connectivity index (χ1v) is 5.60. The largest absolute Gasteiger partial charge is 0.392 e. The molecule has 82 valence electrons. The van der Waals surface area contributed by atoms with E-state index in [-0.39, 0.29) is 12.1 Å². The van der Waals surface area contributed by atoms with Crippen LogP contribution >= 0.6 is 0 Å². The van der Waals surface area contributed by atoms with Gasteiger partial charge in [-0.05, 0) is 38.3 Å². The van der Waals surface area contributed by atoms with Crippen molar-refractivity contribution >= 4 is 0 Å². The minimum absolute atomic E-state index is 0.171. The lowest BCUT2D eigenvalue weighted by Crippen LogP contribution is -2.35. The zero-order chi connectivity index (χ0) is 10.7. The summed E-state index contributed by atoms with van der Waals surface area (Å²) in [5, 5.41) is 13.0. The lowest BCUT2D eigenvalue weighted by atomic mass is 10.2. The number of rotatable bonds is 3. The highest BCUT2D eigenvalue weighted by atomic mass is 16.3. The minimum Gasteiger partial charge on any atom is -0.392 e. The number of aromatic nitrogens is 1. The van der Waals surface area contributed by atoms with Gasteiger partial charge in [-0.15, -0.1) is 0 Å². The Morgan fingerprint density at radius 1 is 1.47 bits per heavy atom. The van der Waals surface area contributed by atoms with E-state index < -0.39 is 0 Å². The number of hydrogen-bond acceptors (Lipinski definition) is 3. The van der Waals surface area contributed by atoms with Crippen molar-refractivity contribution in [3.05, 3.63) is 29.6 Å². The highest BCUT2D eigenvalue weighted by Gasteiger charge is 2.24. The number of aliphatic hydroxyl groups excluding tert-OH is 1. The molecule has 0 amide bonds. The molecule has 3 nitrogen and oxygen atoms in total. The smallest absolute Gasteiger partial charge is 0.0693 e. The van der Waals surface area contributed by atoms with Gasteiger partial charge < -0.3 is 10.4 Å². The second-order valence-corrected chi connectivity index (χ2v) is 4.26. The van der Waals surface area contributed by atoms with Crippen LogP contribution in [0.3, 0.4) is 0 Å². The number of pyridine rings is 1. The maximum Gasteiger partial charge on any atom is 0.0693 e. The number of aliphatic hydroxyl groups is 1. The van der Waals surface area contributed by atoms with Crippen molar-refractivity contribution in [2.24, 2.45) is 0 Å². The molecule has 1 aromatic rings. The lowest BCUT2D eigenvalue weighted by Gasteiger charge is -2.15. The summed E-state index contributed by atoms with van der Waals surface area (Å²) in [6, 6.07) is 6.28. The van der Waals surface area contributed by atoms with Gasteiger partial charge in [0.25, 0.3) is 0 Å². The summed E-state index contributed by atoms with van der Waals surface area (Å²) in [5.74, 6) is 0. The van der Waals surface area contributed by atoms with E-state index in [4.69, 9.17) is 0 Å². The fourth-order valence-corrected chi connectivity index (χ4v) is 2.11. The summed E-state index contributed by atoms with van der Waals surface area (Å²) >= 11 is 0. The number of hydrogen-bond donors (Lipinski definition) is 2. The first-order valence-electron chi connectivity index (χ1n) is 5.60. The van der Waals surface area contributed by atoms with Crippen LogP contribution in [0.25, 0.3) is 0 Å². The van der Waals surface area contributed by atoms with Crippen LogP contribution in [0.15, 0.2) is 18.2 Å². The summed E-state index contributed by atoms with van der Waals surface area (Å²) in [6.45, 7) is 2.75. The molecule has 0 bridgehead atoms. The molecule has 0 spiro atoms. The Balaban J connectivity index is 1.87. The van der Waals surface area contributed by atoms with E-state index in [0.29, 0.717) is 0 Å². The molecular formula is C12H18N2O. The number of nitrogens with zero attached hydrogens (tertiary/aromatic N) is 1. The maximum atomic E-state index is 9.64. The topological polar surface area (TPSA) is 45.1 Å². The van der Waals surface area contributed by atoms with Gasteiger partial charge in [0.1, 0.15) is 0 Å². The third-order valence-electron chi connectivity index (χ3n) is 2.97. The van der Waals surface area contributed by atoms with Gasteiger partial charge in [0.05, 0.1) is 11.8 Å². The summed E-state index contributed by atoms with van der Waals surface area (Å²) in [5.41, 5.74) is 2.09. The fourth-order valence-electron chi connectivity index (χ4n) is 2.11. The molecule has 1 aliphatic rings. The van der Waals surface area contributed by atoms with Crippen LogP contribution in [0.4, 0.5) is 0 Å². The Morgan fingerprint density at radius 2 is 2.33 bits per heavy atom. The van der Waals surface area contributed by atoms with Crippen LogP contribution in [-0.2, 0) is 6.54 Å². The van der Waals surface area contributed by atoms with Crippen LogP contribution in [0, 0.1) is 6.92 Å². The van der Waals surface area contributed by atoms with Crippen LogP contribution in [0.1, 0.15) is 30.7 Å². The summed E-state index contributed by atoms with van der Waals surface area (Å²) in [6.07, 6.45) is 2.96. The predicted octanol–water partition coefficient (Wildman–Crippen LogP) is 1.39. The normalized spacial score (nSPS) is 25.7. The van der Waals surface area contributed by atoms with Crippen LogP contribution in [-0.4, -0.2) is 22.2 Å². The molecule has 0 aliphatic heterocycles. The van der Waals surface area contributed by atoms with Crippen molar-refractivity contribution in [1.82, 2.24) is 10.3 Å². The molecule has 3 heteroatoms. The van der Waals surface area contributed by atoms with Crippen molar-refractivity contribution in [1.29, 1.82) is 0 Å². The van der Waals surface area contributed by atoms with E-state index >= 15 is 0 Å². The van der Waals surface area contributed by atoms with E-state index in [1.165, 1.54) is 0 Å². The van der Waals surface area contributed by atoms with Gasteiger partial charge in [0, 0.05) is 18.3 Å². The van der Waals surface area contributed by atoms with Crippen molar-refractivity contribution in [2.45, 2.75) is 44.9 Å². The van der Waals surface area contributed by atoms with Gasteiger partial charge in [-0.25, -0.2) is 0 Å². The number of aryl methyl sites for hydroxylation is 1. The molecule has 0 saturated heterocycles. The highest BCUT2D eigenvalue weighted by molar-refractivity contribution is 5.09. The SMILES string of the molecule is Cc1cccc(CNC2CCCC2O)n1. The summed E-state index contributed by atoms with van der Waals surface area (Å²) < 4.78 is 0. The molecule has 15 heavy (non-hydrogen) atoms. The van der Waals surface area contributed by atoms with Crippen LogP contribution in [0.2, 0.25) is 0 Å². The summed E-state index contributed by atoms with van der Waals surface area (Å²) in [7, 11) is 0. The Bertz CT molecular complexity index is 327. The van der Waals surface area contributed by atoms with Gasteiger partial charge in [0.2, 0.25) is 0 Å². The van der Waals surface area contributed by atoms with Gasteiger partial charge in [-0.2, -0.15) is 0 Å². The lowest BCUT2D eigenvalue weighted by molar-refractivity contribution is 0.148. The molecule has 0 aromatic carbocycles. The van der Waals surface area contributed by atoms with E-state index in [1.807, 2.05) is 25.1 Å². The van der Waals surface area contributed by atoms with Gasteiger partial charge in [0.15, 0.2) is 0 Å². The molecule has 1 aromatic heterocycles. The van der Waals surface area contributed by atoms with Crippen molar-refractivity contribution < 1.29 is 5.11 Å². The van der Waals surface area contributed by atoms with Crippen molar-refractivity contribution in [2.75, 3.05) is 0 Å². The van der Waals surface area contributed by atoms with E-state index in [0.717, 1.165) is 37.2 Å². The van der Waals surface area contributed by atoms with Crippen LogP contribution < -0.4 is 5.32 Å². The summed E-state index contributed by atoms with van der Waals surface area (Å²) in [4.78, 5) is 4.42. The molecule has 1 saturated carbocycles. The Hall–Kier alpha value is -0.930. The molecule has 1 aliphatic carbocycles.